The Bertz CT molecular complexity index is 1060. The van der Waals surface area contributed by atoms with Gasteiger partial charge in [0.15, 0.2) is 0 Å². The molecule has 0 unspecified atom stereocenters. The maximum absolute atomic E-state index is 12.9. The number of halogens is 1. The Labute approximate surface area is 166 Å². The predicted molar refractivity (Wildman–Crippen MR) is 109 cm³/mol. The zero-order valence-corrected chi connectivity index (χ0v) is 15.9. The molecule has 4 nitrogen and oxygen atoms in total. The van der Waals surface area contributed by atoms with Crippen molar-refractivity contribution in [2.75, 3.05) is 0 Å². The van der Waals surface area contributed by atoms with Crippen LogP contribution in [-0.2, 0) is 6.54 Å². The predicted octanol–water partition coefficient (Wildman–Crippen LogP) is 5.18. The molecule has 2 aromatic heterocycles. The second kappa shape index (κ2) is 7.78. The second-order valence-corrected chi connectivity index (χ2v) is 7.28. The van der Waals surface area contributed by atoms with Gasteiger partial charge in [0, 0.05) is 6.54 Å². The molecule has 0 aliphatic rings. The SMILES string of the molecule is O=C(NCc1ccccc1)c1cc(-c2cccs2)nn1-c1ccccc1Cl. The van der Waals surface area contributed by atoms with E-state index in [4.69, 9.17) is 11.6 Å². The molecule has 0 radical (unpaired) electrons. The van der Waals surface area contributed by atoms with Crippen LogP contribution in [-0.4, -0.2) is 15.7 Å². The molecule has 0 atom stereocenters. The highest BCUT2D eigenvalue weighted by Gasteiger charge is 2.19. The fourth-order valence-corrected chi connectivity index (χ4v) is 3.66. The lowest BCUT2D eigenvalue weighted by Crippen LogP contribution is -2.25. The minimum atomic E-state index is -0.200. The number of benzene rings is 2. The number of carbonyl (C=O) groups is 1. The molecule has 1 N–H and O–H groups in total. The Hall–Kier alpha value is -2.89. The molecule has 6 heteroatoms. The van der Waals surface area contributed by atoms with Crippen molar-refractivity contribution in [1.82, 2.24) is 15.1 Å². The molecule has 2 heterocycles. The van der Waals surface area contributed by atoms with Gasteiger partial charge in [0.1, 0.15) is 11.4 Å². The van der Waals surface area contributed by atoms with E-state index in [-0.39, 0.29) is 5.91 Å². The van der Waals surface area contributed by atoms with Gasteiger partial charge >= 0.3 is 0 Å². The van der Waals surface area contributed by atoms with Crippen LogP contribution in [0.15, 0.2) is 78.2 Å². The highest BCUT2D eigenvalue weighted by atomic mass is 35.5. The Balaban J connectivity index is 1.70. The lowest BCUT2D eigenvalue weighted by molar-refractivity contribution is 0.0943. The average Bonchev–Trinajstić information content (AvgIpc) is 3.37. The van der Waals surface area contributed by atoms with E-state index in [0.29, 0.717) is 22.9 Å². The van der Waals surface area contributed by atoms with Gasteiger partial charge in [0.25, 0.3) is 5.91 Å². The lowest BCUT2D eigenvalue weighted by atomic mass is 10.2. The van der Waals surface area contributed by atoms with Crippen LogP contribution in [0.2, 0.25) is 5.02 Å². The third-order valence-corrected chi connectivity index (χ3v) is 5.30. The monoisotopic (exact) mass is 393 g/mol. The van der Waals surface area contributed by atoms with Crippen LogP contribution in [0.1, 0.15) is 16.1 Å². The molecular formula is C21H16ClN3OS. The summed E-state index contributed by atoms with van der Waals surface area (Å²) >= 11 is 7.93. The Morgan fingerprint density at radius 1 is 1.04 bits per heavy atom. The molecule has 4 rings (SSSR count). The number of para-hydroxylation sites is 1. The van der Waals surface area contributed by atoms with E-state index in [1.165, 1.54) is 0 Å². The fourth-order valence-electron chi connectivity index (χ4n) is 2.76. The topological polar surface area (TPSA) is 46.9 Å². The quantitative estimate of drug-likeness (QED) is 0.507. The first-order valence-electron chi connectivity index (χ1n) is 8.43. The van der Waals surface area contributed by atoms with Crippen LogP contribution in [0.3, 0.4) is 0 Å². The van der Waals surface area contributed by atoms with Gasteiger partial charge in [-0.2, -0.15) is 5.10 Å². The summed E-state index contributed by atoms with van der Waals surface area (Å²) < 4.78 is 1.61. The number of rotatable bonds is 5. The van der Waals surface area contributed by atoms with E-state index < -0.39 is 0 Å². The summed E-state index contributed by atoms with van der Waals surface area (Å²) in [6.45, 7) is 0.446. The molecule has 0 fully saturated rings. The van der Waals surface area contributed by atoms with Gasteiger partial charge < -0.3 is 5.32 Å². The largest absolute Gasteiger partial charge is 0.347 e. The van der Waals surface area contributed by atoms with Gasteiger partial charge in [-0.1, -0.05) is 60.1 Å². The summed E-state index contributed by atoms with van der Waals surface area (Å²) in [5, 5.41) is 10.1. The molecular weight excluding hydrogens is 378 g/mol. The summed E-state index contributed by atoms with van der Waals surface area (Å²) in [6, 6.07) is 22.9. The maximum atomic E-state index is 12.9. The molecule has 0 saturated heterocycles. The zero-order valence-electron chi connectivity index (χ0n) is 14.3. The normalized spacial score (nSPS) is 10.7. The number of carbonyl (C=O) groups excluding carboxylic acids is 1. The standard InChI is InChI=1S/C21H16ClN3OS/c22-16-9-4-5-10-18(16)25-19(13-17(24-25)20-11-6-12-27-20)21(26)23-14-15-7-2-1-3-8-15/h1-13H,14H2,(H,23,26). The summed E-state index contributed by atoms with van der Waals surface area (Å²) in [6.07, 6.45) is 0. The van der Waals surface area contributed by atoms with Crippen LogP contribution in [0, 0.1) is 0 Å². The van der Waals surface area contributed by atoms with Gasteiger partial charge in [-0.3, -0.25) is 4.79 Å². The molecule has 2 aromatic carbocycles. The Morgan fingerprint density at radius 2 is 1.81 bits per heavy atom. The molecule has 0 saturated carbocycles. The second-order valence-electron chi connectivity index (χ2n) is 5.92. The number of hydrogen-bond donors (Lipinski definition) is 1. The molecule has 27 heavy (non-hydrogen) atoms. The number of nitrogens with zero attached hydrogens (tertiary/aromatic N) is 2. The van der Waals surface area contributed by atoms with Crippen LogP contribution in [0.5, 0.6) is 0 Å². The molecule has 4 aromatic rings. The van der Waals surface area contributed by atoms with Crippen LogP contribution >= 0.6 is 22.9 Å². The maximum Gasteiger partial charge on any atom is 0.270 e. The number of thiophene rings is 1. The van der Waals surface area contributed by atoms with E-state index in [9.17, 15) is 4.79 Å². The van der Waals surface area contributed by atoms with Gasteiger partial charge in [0.05, 0.1) is 15.6 Å². The molecule has 0 aliphatic heterocycles. The van der Waals surface area contributed by atoms with Crippen molar-refractivity contribution in [2.45, 2.75) is 6.54 Å². The lowest BCUT2D eigenvalue weighted by Gasteiger charge is -2.09. The third-order valence-electron chi connectivity index (χ3n) is 4.09. The first kappa shape index (κ1) is 17.5. The van der Waals surface area contributed by atoms with E-state index >= 15 is 0 Å². The van der Waals surface area contributed by atoms with Crippen molar-refractivity contribution in [2.24, 2.45) is 0 Å². The molecule has 0 bridgehead atoms. The van der Waals surface area contributed by atoms with Crippen molar-refractivity contribution in [3.63, 3.8) is 0 Å². The molecule has 0 spiro atoms. The van der Waals surface area contributed by atoms with Gasteiger partial charge in [-0.05, 0) is 35.2 Å². The third kappa shape index (κ3) is 3.79. The number of nitrogens with one attached hydrogen (secondary N) is 1. The first-order chi connectivity index (χ1) is 13.2. The van der Waals surface area contributed by atoms with E-state index in [1.807, 2.05) is 66.0 Å². The van der Waals surface area contributed by atoms with Crippen molar-refractivity contribution < 1.29 is 4.79 Å². The zero-order chi connectivity index (χ0) is 18.6. The van der Waals surface area contributed by atoms with Gasteiger partial charge in [0.2, 0.25) is 0 Å². The molecule has 0 aliphatic carbocycles. The van der Waals surface area contributed by atoms with Crippen molar-refractivity contribution >= 4 is 28.8 Å². The summed E-state index contributed by atoms with van der Waals surface area (Å²) in [4.78, 5) is 13.9. The van der Waals surface area contributed by atoms with E-state index in [0.717, 1.165) is 16.1 Å². The van der Waals surface area contributed by atoms with Gasteiger partial charge in [-0.15, -0.1) is 11.3 Å². The number of aromatic nitrogens is 2. The van der Waals surface area contributed by atoms with Crippen molar-refractivity contribution in [3.8, 4) is 16.3 Å². The number of amides is 1. The minimum absolute atomic E-state index is 0.200. The minimum Gasteiger partial charge on any atom is -0.347 e. The van der Waals surface area contributed by atoms with Crippen LogP contribution < -0.4 is 5.32 Å². The van der Waals surface area contributed by atoms with E-state index in [2.05, 4.69) is 10.4 Å². The summed E-state index contributed by atoms with van der Waals surface area (Å²) in [5.74, 6) is -0.200. The average molecular weight is 394 g/mol. The fraction of sp³-hybridized carbons (Fsp3) is 0.0476. The van der Waals surface area contributed by atoms with Gasteiger partial charge in [-0.25, -0.2) is 4.68 Å². The molecule has 1 amide bonds. The Morgan fingerprint density at radius 3 is 2.56 bits per heavy atom. The number of hydrogen-bond acceptors (Lipinski definition) is 3. The van der Waals surface area contributed by atoms with Crippen LogP contribution in [0.4, 0.5) is 0 Å². The highest BCUT2D eigenvalue weighted by molar-refractivity contribution is 7.13. The molecule has 134 valence electrons. The summed E-state index contributed by atoms with van der Waals surface area (Å²) in [7, 11) is 0. The highest BCUT2D eigenvalue weighted by Crippen LogP contribution is 2.28. The van der Waals surface area contributed by atoms with Crippen molar-refractivity contribution in [1.29, 1.82) is 0 Å². The smallest absolute Gasteiger partial charge is 0.270 e. The van der Waals surface area contributed by atoms with Crippen LogP contribution in [0.25, 0.3) is 16.3 Å². The summed E-state index contributed by atoms with van der Waals surface area (Å²) in [5.41, 5.74) is 2.90. The first-order valence-corrected chi connectivity index (χ1v) is 9.69. The van der Waals surface area contributed by atoms with E-state index in [1.54, 1.807) is 28.2 Å². The van der Waals surface area contributed by atoms with Crippen molar-refractivity contribution in [3.05, 3.63) is 94.5 Å². The Kier molecular flexibility index (Phi) is 5.05.